The van der Waals surface area contributed by atoms with E-state index in [1.165, 1.54) is 0 Å². The van der Waals surface area contributed by atoms with E-state index in [0.29, 0.717) is 0 Å². The highest BCUT2D eigenvalue weighted by atomic mass is 14.7. The van der Waals surface area contributed by atoms with E-state index in [-0.39, 0.29) is 0 Å². The zero-order chi connectivity index (χ0) is 6.41. The first-order chi connectivity index (χ1) is 3.81. The highest BCUT2D eigenvalue weighted by Crippen LogP contribution is 1.78. The fraction of sp³-hybridized carbons (Fsp3) is 0.667. The van der Waals surface area contributed by atoms with Crippen LogP contribution in [0.15, 0.2) is 9.98 Å². The summed E-state index contributed by atoms with van der Waals surface area (Å²) in [6.07, 6.45) is 2.73. The molecule has 2 nitrogen and oxygen atoms in total. The van der Waals surface area contributed by atoms with Crippen molar-refractivity contribution in [3.63, 3.8) is 0 Å². The van der Waals surface area contributed by atoms with Crippen molar-refractivity contribution >= 4 is 11.9 Å². The lowest BCUT2D eigenvalue weighted by Gasteiger charge is -1.87. The van der Waals surface area contributed by atoms with E-state index in [0.717, 1.165) is 12.1 Å². The zero-order valence-corrected chi connectivity index (χ0v) is 5.68. The molecule has 0 heterocycles. The lowest BCUT2D eigenvalue weighted by molar-refractivity contribution is 1.35. The molecule has 0 atom stereocenters. The van der Waals surface area contributed by atoms with E-state index < -0.39 is 0 Å². The fourth-order valence-corrected chi connectivity index (χ4v) is 0.315. The molecule has 0 bridgehead atoms. The van der Waals surface area contributed by atoms with Crippen molar-refractivity contribution in [3.8, 4) is 0 Å². The van der Waals surface area contributed by atoms with Gasteiger partial charge in [-0.2, -0.15) is 0 Å². The molecule has 2 heteroatoms. The number of nitrogens with zero attached hydrogens (tertiary/aromatic N) is 2. The van der Waals surface area contributed by atoms with Gasteiger partial charge in [-0.05, 0) is 6.92 Å². The van der Waals surface area contributed by atoms with E-state index in [2.05, 4.69) is 9.98 Å². The van der Waals surface area contributed by atoms with Crippen LogP contribution in [0.25, 0.3) is 0 Å². The monoisotopic (exact) mass is 112 g/mol. The molecule has 0 amide bonds. The highest BCUT2D eigenvalue weighted by Gasteiger charge is 1.80. The second-order valence-corrected chi connectivity index (χ2v) is 1.60. The van der Waals surface area contributed by atoms with Crippen molar-refractivity contribution in [2.24, 2.45) is 9.98 Å². The van der Waals surface area contributed by atoms with Gasteiger partial charge in [0.2, 0.25) is 0 Å². The number of aliphatic imine (C=N–C) groups is 2. The molecule has 0 spiro atoms. The van der Waals surface area contributed by atoms with Gasteiger partial charge in [-0.1, -0.05) is 0 Å². The van der Waals surface area contributed by atoms with Gasteiger partial charge < -0.3 is 4.99 Å². The minimum absolute atomic E-state index is 0.882. The third-order valence-electron chi connectivity index (χ3n) is 0.951. The first-order valence-electron chi connectivity index (χ1n) is 2.64. The van der Waals surface area contributed by atoms with Crippen LogP contribution in [0.1, 0.15) is 13.3 Å². The Morgan fingerprint density at radius 2 is 2.12 bits per heavy atom. The van der Waals surface area contributed by atoms with E-state index in [1.54, 1.807) is 14.1 Å². The second kappa shape index (κ2) is 4.50. The zero-order valence-electron chi connectivity index (χ0n) is 5.68. The minimum atomic E-state index is 0.882. The topological polar surface area (TPSA) is 24.7 Å². The van der Waals surface area contributed by atoms with Gasteiger partial charge in [0.25, 0.3) is 0 Å². The Bertz CT molecular complexity index is 103. The molecule has 0 saturated carbocycles. The van der Waals surface area contributed by atoms with E-state index in [9.17, 15) is 0 Å². The third-order valence-corrected chi connectivity index (χ3v) is 0.951. The lowest BCUT2D eigenvalue weighted by Crippen LogP contribution is -1.90. The average Bonchev–Trinajstić information content (AvgIpc) is 1.83. The van der Waals surface area contributed by atoms with E-state index in [1.807, 2.05) is 13.1 Å². The lowest BCUT2D eigenvalue weighted by atomic mass is 10.3. The van der Waals surface area contributed by atoms with Crippen LogP contribution in [0.3, 0.4) is 0 Å². The first-order valence-corrected chi connectivity index (χ1v) is 2.64. The molecule has 8 heavy (non-hydrogen) atoms. The summed E-state index contributed by atoms with van der Waals surface area (Å²) in [4.78, 5) is 7.77. The van der Waals surface area contributed by atoms with Crippen LogP contribution >= 0.6 is 0 Å². The molecule has 0 N–H and O–H groups in total. The Morgan fingerprint density at radius 3 is 2.50 bits per heavy atom. The van der Waals surface area contributed by atoms with Gasteiger partial charge in [-0.25, -0.2) is 0 Å². The van der Waals surface area contributed by atoms with Crippen LogP contribution in [0, 0.1) is 0 Å². The van der Waals surface area contributed by atoms with Crippen LogP contribution < -0.4 is 0 Å². The number of hydrogen-bond donors (Lipinski definition) is 0. The summed E-state index contributed by atoms with van der Waals surface area (Å²) in [6.45, 7) is 1.99. The molecule has 0 fully saturated rings. The standard InChI is InChI=1S/C6H12N2/c1-6(8-3)4-5-7-2/h5H,4H2,1-3H3/b7-5-,8-6-. The molecule has 0 rings (SSSR count). The normalized spacial score (nSPS) is 13.1. The molecule has 0 aromatic heterocycles. The summed E-state index contributed by atoms with van der Waals surface area (Å²) in [5.74, 6) is 0. The Morgan fingerprint density at radius 1 is 1.50 bits per heavy atom. The molecule has 0 aliphatic rings. The van der Waals surface area contributed by atoms with E-state index >= 15 is 0 Å². The van der Waals surface area contributed by atoms with Crippen molar-refractivity contribution in [1.29, 1.82) is 0 Å². The molecule has 0 saturated heterocycles. The quantitative estimate of drug-likeness (QED) is 0.479. The van der Waals surface area contributed by atoms with Crippen LogP contribution in [0.2, 0.25) is 0 Å². The SMILES string of the molecule is C/N=C\C/C(C)=N\C. The Kier molecular flexibility index (Phi) is 4.13. The maximum atomic E-state index is 3.95. The van der Waals surface area contributed by atoms with Gasteiger partial charge in [0.15, 0.2) is 0 Å². The number of rotatable bonds is 2. The summed E-state index contributed by atoms with van der Waals surface area (Å²) in [6, 6.07) is 0. The van der Waals surface area contributed by atoms with Gasteiger partial charge in [0.1, 0.15) is 0 Å². The van der Waals surface area contributed by atoms with Crippen molar-refractivity contribution in [2.75, 3.05) is 14.1 Å². The number of hydrogen-bond acceptors (Lipinski definition) is 2. The van der Waals surface area contributed by atoms with Gasteiger partial charge in [-0.15, -0.1) is 0 Å². The van der Waals surface area contributed by atoms with Crippen molar-refractivity contribution in [3.05, 3.63) is 0 Å². The predicted molar refractivity (Wildman–Crippen MR) is 38.1 cm³/mol. The highest BCUT2D eigenvalue weighted by molar-refractivity contribution is 5.93. The molecule has 46 valence electrons. The predicted octanol–water partition coefficient (Wildman–Crippen LogP) is 1.17. The molecule has 0 radical (unpaired) electrons. The summed E-state index contributed by atoms with van der Waals surface area (Å²) < 4.78 is 0. The molecular weight excluding hydrogens is 100 g/mol. The van der Waals surface area contributed by atoms with Crippen LogP contribution in [0.5, 0.6) is 0 Å². The first kappa shape index (κ1) is 7.34. The molecular formula is C6H12N2. The van der Waals surface area contributed by atoms with Gasteiger partial charge in [-0.3, -0.25) is 4.99 Å². The Labute approximate surface area is 50.4 Å². The fourth-order valence-electron chi connectivity index (χ4n) is 0.315. The molecule has 0 aromatic carbocycles. The maximum absolute atomic E-state index is 3.95. The third kappa shape index (κ3) is 3.53. The summed E-state index contributed by atoms with van der Waals surface area (Å²) in [7, 11) is 3.56. The van der Waals surface area contributed by atoms with Crippen LogP contribution in [0.4, 0.5) is 0 Å². The second-order valence-electron chi connectivity index (χ2n) is 1.60. The Balaban J connectivity index is 3.40. The van der Waals surface area contributed by atoms with Crippen molar-refractivity contribution in [1.82, 2.24) is 0 Å². The smallest absolute Gasteiger partial charge is 0.0276 e. The Hall–Kier alpha value is -0.660. The maximum Gasteiger partial charge on any atom is 0.0276 e. The van der Waals surface area contributed by atoms with Crippen molar-refractivity contribution < 1.29 is 0 Å². The van der Waals surface area contributed by atoms with Crippen molar-refractivity contribution in [2.45, 2.75) is 13.3 Å². The molecule has 0 aliphatic heterocycles. The van der Waals surface area contributed by atoms with Crippen LogP contribution in [-0.4, -0.2) is 26.0 Å². The van der Waals surface area contributed by atoms with Gasteiger partial charge >= 0.3 is 0 Å². The van der Waals surface area contributed by atoms with E-state index in [4.69, 9.17) is 0 Å². The average molecular weight is 112 g/mol. The summed E-state index contributed by atoms with van der Waals surface area (Å²) in [5, 5.41) is 0. The van der Waals surface area contributed by atoms with Gasteiger partial charge in [0, 0.05) is 32.4 Å². The summed E-state index contributed by atoms with van der Waals surface area (Å²) >= 11 is 0. The minimum Gasteiger partial charge on any atom is -0.300 e. The molecule has 0 aliphatic carbocycles. The summed E-state index contributed by atoms with van der Waals surface area (Å²) in [5.41, 5.74) is 1.12. The molecule has 0 unspecified atom stereocenters. The molecule has 0 aromatic rings. The van der Waals surface area contributed by atoms with Gasteiger partial charge in [0.05, 0.1) is 0 Å². The van der Waals surface area contributed by atoms with Crippen LogP contribution in [-0.2, 0) is 0 Å². The largest absolute Gasteiger partial charge is 0.300 e.